The van der Waals surface area contributed by atoms with Crippen molar-refractivity contribution < 1.29 is 19.2 Å². The molecular formula is C2H5Cl2O4P. The van der Waals surface area contributed by atoms with Gasteiger partial charge in [0.15, 0.2) is 0 Å². The molecule has 7 heteroatoms. The van der Waals surface area contributed by atoms with Crippen LogP contribution < -0.4 is 0 Å². The highest BCUT2D eigenvalue weighted by molar-refractivity contribution is 8.04. The van der Waals surface area contributed by atoms with E-state index in [0.717, 1.165) is 13.2 Å². The van der Waals surface area contributed by atoms with Crippen molar-refractivity contribution in [1.82, 2.24) is 0 Å². The van der Waals surface area contributed by atoms with Gasteiger partial charge in [0.1, 0.15) is 13.2 Å². The molecule has 0 unspecified atom stereocenters. The maximum Gasteiger partial charge on any atom is 0.377 e. The first-order valence-electron chi connectivity index (χ1n) is 1.96. The number of rotatable bonds is 0. The second-order valence-electron chi connectivity index (χ2n) is 1.08. The fourth-order valence-electron chi connectivity index (χ4n) is 0.0833. The third-order valence-electron chi connectivity index (χ3n) is 0.333. The maximum absolute atomic E-state index is 9.30. The van der Waals surface area contributed by atoms with Gasteiger partial charge in [-0.3, -0.25) is 4.57 Å². The smallest absolute Gasteiger partial charge is 0.322 e. The predicted octanol–water partition coefficient (Wildman–Crippen LogP) is 1.51. The summed E-state index contributed by atoms with van der Waals surface area (Å²) in [5.74, 6) is 0. The highest BCUT2D eigenvalue weighted by Crippen LogP contribution is 2.51. The van der Waals surface area contributed by atoms with E-state index in [9.17, 15) is 4.57 Å². The zero-order valence-corrected chi connectivity index (χ0v) is 6.70. The second-order valence-corrected chi connectivity index (χ2v) is 5.22. The summed E-state index contributed by atoms with van der Waals surface area (Å²) in [5.41, 5.74) is 0. The molecule has 0 aromatic heterocycles. The van der Waals surface area contributed by atoms with Gasteiger partial charge in [0, 0.05) is 0 Å². The lowest BCUT2D eigenvalue weighted by Gasteiger charge is -2.08. The van der Waals surface area contributed by atoms with Gasteiger partial charge in [-0.05, 0) is 22.5 Å². The van der Waals surface area contributed by atoms with Gasteiger partial charge in [0.2, 0.25) is 0 Å². The fraction of sp³-hybridized carbons (Fsp3) is 1.00. The van der Waals surface area contributed by atoms with Crippen LogP contribution in [0.25, 0.3) is 0 Å². The van der Waals surface area contributed by atoms with Crippen molar-refractivity contribution >= 4 is 28.6 Å². The lowest BCUT2D eigenvalue weighted by molar-refractivity contribution is -0.382. The van der Waals surface area contributed by atoms with Crippen LogP contribution in [0.2, 0.25) is 0 Å². The van der Waals surface area contributed by atoms with Crippen molar-refractivity contribution in [3.8, 4) is 0 Å². The Hall–Kier alpha value is 0.690. The van der Waals surface area contributed by atoms with Gasteiger partial charge in [0.25, 0.3) is 0 Å². The average Bonchev–Trinajstić information content (AvgIpc) is 1.12. The summed E-state index contributed by atoms with van der Waals surface area (Å²) in [7, 11) is 0. The number of hydrogen-bond acceptors (Lipinski definition) is 3. The molecule has 1 saturated heterocycles. The molecule has 0 saturated carbocycles. The quantitative estimate of drug-likeness (QED) is 0.470. The Bertz CT molecular complexity index is 94.9. The van der Waals surface area contributed by atoms with Crippen LogP contribution in [0.1, 0.15) is 0 Å². The molecule has 0 spiro atoms. The molecule has 0 atom stereocenters. The summed E-state index contributed by atoms with van der Waals surface area (Å²) in [6.45, 7) is 1.56. The largest absolute Gasteiger partial charge is 0.377 e. The van der Waals surface area contributed by atoms with Crippen LogP contribution in [-0.2, 0) is 14.3 Å². The molecule has 1 rings (SSSR count). The molecule has 0 aromatic carbocycles. The highest BCUT2D eigenvalue weighted by Gasteiger charge is 2.02. The summed E-state index contributed by atoms with van der Waals surface area (Å²) >= 11 is 8.81. The molecule has 1 aliphatic rings. The Morgan fingerprint density at radius 1 is 1.33 bits per heavy atom. The van der Waals surface area contributed by atoms with Crippen molar-refractivity contribution in [3.63, 3.8) is 0 Å². The maximum atomic E-state index is 9.30. The van der Waals surface area contributed by atoms with Gasteiger partial charge < -0.3 is 4.89 Å². The Labute approximate surface area is 61.6 Å². The minimum absolute atomic E-state index is 0.778. The van der Waals surface area contributed by atoms with Crippen LogP contribution in [-0.4, -0.2) is 18.1 Å². The summed E-state index contributed by atoms with van der Waals surface area (Å²) < 4.78 is 9.30. The lowest BCUT2D eigenvalue weighted by atomic mass is 10.8. The first kappa shape index (κ1) is 9.69. The molecule has 0 radical (unpaired) electrons. The Morgan fingerprint density at radius 2 is 1.44 bits per heavy atom. The van der Waals surface area contributed by atoms with E-state index in [0.29, 0.717) is 0 Å². The van der Waals surface area contributed by atoms with Gasteiger partial charge in [-0.25, -0.2) is 9.78 Å². The summed E-state index contributed by atoms with van der Waals surface area (Å²) in [4.78, 5) is 16.1. The summed E-state index contributed by atoms with van der Waals surface area (Å²) in [6, 6.07) is 0. The topological polar surface area (TPSA) is 55.8 Å². The van der Waals surface area contributed by atoms with Crippen LogP contribution in [0.15, 0.2) is 0 Å². The molecule has 56 valence electrons. The third-order valence-corrected chi connectivity index (χ3v) is 0.333. The van der Waals surface area contributed by atoms with Crippen LogP contribution >= 0.6 is 28.6 Å². The van der Waals surface area contributed by atoms with Crippen molar-refractivity contribution in [2.75, 3.05) is 13.2 Å². The monoisotopic (exact) mass is 194 g/mol. The minimum atomic E-state index is -3.69. The molecule has 0 amide bonds. The van der Waals surface area contributed by atoms with Gasteiger partial charge in [-0.15, -0.1) is 0 Å². The third kappa shape index (κ3) is 17.7. The van der Waals surface area contributed by atoms with E-state index in [4.69, 9.17) is 4.89 Å². The molecule has 0 bridgehead atoms. The number of hydrogen-bond donors (Lipinski definition) is 1. The first-order chi connectivity index (χ1) is 4.00. The van der Waals surface area contributed by atoms with Crippen LogP contribution in [0.5, 0.6) is 0 Å². The lowest BCUT2D eigenvalue weighted by Crippen LogP contribution is -2.14. The molecule has 1 aliphatic heterocycles. The number of halogens is 2. The van der Waals surface area contributed by atoms with Gasteiger partial charge >= 0.3 is 6.07 Å². The molecule has 4 nitrogen and oxygen atoms in total. The Kier molecular flexibility index (Phi) is 4.84. The van der Waals surface area contributed by atoms with E-state index < -0.39 is 6.07 Å². The minimum Gasteiger partial charge on any atom is -0.322 e. The molecule has 1 fully saturated rings. The van der Waals surface area contributed by atoms with Crippen LogP contribution in [0, 0.1) is 0 Å². The normalized spacial score (nSPS) is 17.2. The van der Waals surface area contributed by atoms with E-state index in [1.165, 1.54) is 0 Å². The van der Waals surface area contributed by atoms with Gasteiger partial charge in [-0.2, -0.15) is 0 Å². The van der Waals surface area contributed by atoms with E-state index in [-0.39, 0.29) is 0 Å². The van der Waals surface area contributed by atoms with E-state index in [2.05, 4.69) is 32.3 Å². The fourth-order valence-corrected chi connectivity index (χ4v) is 0.0833. The van der Waals surface area contributed by atoms with Crippen molar-refractivity contribution in [2.24, 2.45) is 0 Å². The van der Waals surface area contributed by atoms with Crippen LogP contribution in [0.3, 0.4) is 0 Å². The first-order valence-corrected chi connectivity index (χ1v) is 5.43. The molecule has 1 N–H and O–H groups in total. The van der Waals surface area contributed by atoms with Crippen LogP contribution in [0.4, 0.5) is 0 Å². The van der Waals surface area contributed by atoms with Crippen molar-refractivity contribution in [2.45, 2.75) is 0 Å². The zero-order chi connectivity index (χ0) is 7.33. The van der Waals surface area contributed by atoms with Crippen molar-refractivity contribution in [3.05, 3.63) is 0 Å². The standard InChI is InChI=1S/C2H4O2.Cl2HO2P/c1-2-4-3-1;1-5(2,3)4/h1-2H2;(H,3,4). The Balaban J connectivity index is 0.000000144. The van der Waals surface area contributed by atoms with E-state index in [1.807, 2.05) is 0 Å². The zero-order valence-electron chi connectivity index (χ0n) is 4.29. The van der Waals surface area contributed by atoms with Crippen molar-refractivity contribution in [1.29, 1.82) is 0 Å². The molecule has 0 aromatic rings. The molecule has 0 aliphatic carbocycles. The summed E-state index contributed by atoms with van der Waals surface area (Å²) in [6.07, 6.45) is -3.69. The highest BCUT2D eigenvalue weighted by atomic mass is 35.9. The SMILES string of the molecule is C1COO1.O=P(O)(Cl)Cl. The predicted molar refractivity (Wildman–Crippen MR) is 33.4 cm³/mol. The summed E-state index contributed by atoms with van der Waals surface area (Å²) in [5, 5.41) is 0. The second kappa shape index (κ2) is 4.50. The Morgan fingerprint density at radius 3 is 1.44 bits per heavy atom. The molecule has 9 heavy (non-hydrogen) atoms. The van der Waals surface area contributed by atoms with E-state index >= 15 is 0 Å². The average molecular weight is 195 g/mol. The van der Waals surface area contributed by atoms with Gasteiger partial charge in [0.05, 0.1) is 0 Å². The molecule has 1 heterocycles. The van der Waals surface area contributed by atoms with E-state index in [1.54, 1.807) is 0 Å². The van der Waals surface area contributed by atoms with Gasteiger partial charge in [-0.1, -0.05) is 0 Å². The molecular weight excluding hydrogens is 190 g/mol.